The number of rotatable bonds is 8. The fourth-order valence-corrected chi connectivity index (χ4v) is 6.20. The van der Waals surface area contributed by atoms with Crippen molar-refractivity contribution in [3.05, 3.63) is 106 Å². The average molecular weight is 634 g/mol. The zero-order valence-electron chi connectivity index (χ0n) is 25.1. The molecule has 0 radical (unpaired) electrons. The highest BCUT2D eigenvalue weighted by Crippen LogP contribution is 2.37. The maximum Gasteiger partial charge on any atom is 0.416 e. The summed E-state index contributed by atoms with van der Waals surface area (Å²) in [6.45, 7) is 6.67. The van der Waals surface area contributed by atoms with Crippen LogP contribution in [-0.2, 0) is 35.0 Å². The van der Waals surface area contributed by atoms with E-state index in [1.807, 2.05) is 49.4 Å². The number of hydrogen-bond acceptors (Lipinski definition) is 4. The van der Waals surface area contributed by atoms with Crippen molar-refractivity contribution >= 4 is 5.91 Å². The van der Waals surface area contributed by atoms with Gasteiger partial charge in [0.25, 0.3) is 0 Å². The van der Waals surface area contributed by atoms with Crippen LogP contribution >= 0.6 is 0 Å². The second-order valence-electron chi connectivity index (χ2n) is 11.9. The molecule has 2 saturated heterocycles. The van der Waals surface area contributed by atoms with Crippen LogP contribution in [0.25, 0.3) is 0 Å². The van der Waals surface area contributed by atoms with Crippen molar-refractivity contribution in [1.29, 1.82) is 0 Å². The molecule has 2 aliphatic rings. The first kappa shape index (κ1) is 33.0. The summed E-state index contributed by atoms with van der Waals surface area (Å²) < 4.78 is 86.5. The highest BCUT2D eigenvalue weighted by Gasteiger charge is 2.38. The molecule has 5 nitrogen and oxygen atoms in total. The molecule has 3 aromatic carbocycles. The number of amides is 1. The lowest BCUT2D eigenvalue weighted by Gasteiger charge is -2.41. The number of alkyl halides is 6. The number of halogens is 6. The number of piperidine rings is 1. The van der Waals surface area contributed by atoms with Crippen LogP contribution in [0.5, 0.6) is 0 Å². The largest absolute Gasteiger partial charge is 0.416 e. The van der Waals surface area contributed by atoms with Crippen molar-refractivity contribution in [3.8, 4) is 0 Å². The minimum atomic E-state index is -4.93. The molecule has 0 aromatic heterocycles. The molecular formula is C34H37F6N3O2. The van der Waals surface area contributed by atoms with Crippen LogP contribution in [0, 0.1) is 6.92 Å². The van der Waals surface area contributed by atoms with Crippen molar-refractivity contribution in [3.63, 3.8) is 0 Å². The number of likely N-dealkylation sites (tertiary alicyclic amines) is 1. The van der Waals surface area contributed by atoms with Crippen LogP contribution in [0.4, 0.5) is 26.3 Å². The maximum absolute atomic E-state index is 13.5. The standard InChI is InChI=1S/C34H37F6N3O2/c1-24-7-5-6-10-29(24)30-21-43(32(44)22-42-15-13-41(14-16-42)20-25-8-3-2-4-9-25)12-11-31(30)45-23-26-17-27(33(35,36)37)19-28(18-26)34(38,39)40/h2-10,17-19,30-31H,11-16,20-23H2,1H3/t30-,31-/m0/s1. The van der Waals surface area contributed by atoms with Crippen molar-refractivity contribution < 1.29 is 35.9 Å². The van der Waals surface area contributed by atoms with Gasteiger partial charge in [0, 0.05) is 51.7 Å². The zero-order valence-corrected chi connectivity index (χ0v) is 25.1. The van der Waals surface area contributed by atoms with Crippen molar-refractivity contribution in [2.45, 2.75) is 50.9 Å². The normalized spacial score (nSPS) is 20.4. The number of benzene rings is 3. The third kappa shape index (κ3) is 8.65. The predicted octanol–water partition coefficient (Wildman–Crippen LogP) is 6.75. The Morgan fingerprint density at radius 3 is 2.00 bits per heavy atom. The SMILES string of the molecule is Cc1ccccc1[C@@H]1CN(C(=O)CN2CCN(Cc3ccccc3)CC2)CC[C@@H]1OCc1cc(C(F)(F)F)cc(C(F)(F)F)c1. The Morgan fingerprint density at radius 2 is 1.38 bits per heavy atom. The van der Waals surface area contributed by atoms with E-state index in [0.29, 0.717) is 31.6 Å². The molecule has 2 atom stereocenters. The molecule has 0 aliphatic carbocycles. The summed E-state index contributed by atoms with van der Waals surface area (Å²) in [7, 11) is 0. The lowest BCUT2D eigenvalue weighted by molar-refractivity contribution is -0.143. The molecule has 0 saturated carbocycles. The zero-order chi connectivity index (χ0) is 32.2. The van der Waals surface area contributed by atoms with Crippen LogP contribution in [-0.4, -0.2) is 72.5 Å². The fraction of sp³-hybridized carbons (Fsp3) is 0.441. The van der Waals surface area contributed by atoms with Gasteiger partial charge in [-0.2, -0.15) is 26.3 Å². The number of carbonyl (C=O) groups excluding carboxylic acids is 1. The number of nitrogens with zero attached hydrogens (tertiary/aromatic N) is 3. The van der Waals surface area contributed by atoms with E-state index in [4.69, 9.17) is 4.74 Å². The van der Waals surface area contributed by atoms with Gasteiger partial charge in [0.15, 0.2) is 0 Å². The number of hydrogen-bond donors (Lipinski definition) is 0. The van der Waals surface area contributed by atoms with E-state index in [-0.39, 0.29) is 30.0 Å². The van der Waals surface area contributed by atoms with Crippen LogP contribution in [0.3, 0.4) is 0 Å². The average Bonchev–Trinajstić information content (AvgIpc) is 3.01. The van der Waals surface area contributed by atoms with Crippen molar-refractivity contribution in [2.75, 3.05) is 45.8 Å². The molecule has 2 heterocycles. The van der Waals surface area contributed by atoms with Gasteiger partial charge in [0.05, 0.1) is 30.4 Å². The molecule has 5 rings (SSSR count). The van der Waals surface area contributed by atoms with Gasteiger partial charge in [-0.05, 0) is 53.8 Å². The molecule has 45 heavy (non-hydrogen) atoms. The lowest BCUT2D eigenvalue weighted by Crippen LogP contribution is -2.52. The first-order chi connectivity index (χ1) is 21.4. The number of carbonyl (C=O) groups is 1. The molecule has 3 aromatic rings. The summed E-state index contributed by atoms with van der Waals surface area (Å²) in [5, 5.41) is 0. The molecule has 0 spiro atoms. The second kappa shape index (κ2) is 13.9. The van der Waals surface area contributed by atoms with E-state index in [1.54, 1.807) is 4.90 Å². The highest BCUT2D eigenvalue weighted by atomic mass is 19.4. The van der Waals surface area contributed by atoms with E-state index in [0.717, 1.165) is 43.9 Å². The van der Waals surface area contributed by atoms with E-state index >= 15 is 0 Å². The van der Waals surface area contributed by atoms with Gasteiger partial charge < -0.3 is 9.64 Å². The van der Waals surface area contributed by atoms with Gasteiger partial charge in [0.1, 0.15) is 0 Å². The van der Waals surface area contributed by atoms with E-state index in [2.05, 4.69) is 21.9 Å². The molecule has 242 valence electrons. The minimum Gasteiger partial charge on any atom is -0.373 e. The van der Waals surface area contributed by atoms with Crippen LogP contribution < -0.4 is 0 Å². The van der Waals surface area contributed by atoms with E-state index in [1.165, 1.54) is 5.56 Å². The topological polar surface area (TPSA) is 36.0 Å². The van der Waals surface area contributed by atoms with Crippen LogP contribution in [0.1, 0.15) is 45.7 Å². The molecule has 2 fully saturated rings. The Balaban J connectivity index is 1.24. The lowest BCUT2D eigenvalue weighted by atomic mass is 9.85. The number of aryl methyl sites for hydroxylation is 1. The highest BCUT2D eigenvalue weighted by molar-refractivity contribution is 5.78. The fourth-order valence-electron chi connectivity index (χ4n) is 6.20. The Kier molecular flexibility index (Phi) is 10.2. The van der Waals surface area contributed by atoms with Crippen LogP contribution in [0.2, 0.25) is 0 Å². The maximum atomic E-state index is 13.5. The second-order valence-corrected chi connectivity index (χ2v) is 11.9. The van der Waals surface area contributed by atoms with Crippen molar-refractivity contribution in [1.82, 2.24) is 14.7 Å². The monoisotopic (exact) mass is 633 g/mol. The Morgan fingerprint density at radius 1 is 0.778 bits per heavy atom. The van der Waals surface area contributed by atoms with Gasteiger partial charge in [-0.3, -0.25) is 14.6 Å². The smallest absolute Gasteiger partial charge is 0.373 e. The summed E-state index contributed by atoms with van der Waals surface area (Å²) in [5.74, 6) is -0.296. The Bertz CT molecular complexity index is 1410. The molecule has 0 N–H and O–H groups in total. The summed E-state index contributed by atoms with van der Waals surface area (Å²) >= 11 is 0. The number of ether oxygens (including phenoxy) is 1. The van der Waals surface area contributed by atoms with Crippen LogP contribution in [0.15, 0.2) is 72.8 Å². The van der Waals surface area contributed by atoms with Gasteiger partial charge in [-0.1, -0.05) is 54.6 Å². The summed E-state index contributed by atoms with van der Waals surface area (Å²) in [6.07, 6.45) is -9.96. The summed E-state index contributed by atoms with van der Waals surface area (Å²) in [4.78, 5) is 19.8. The van der Waals surface area contributed by atoms with E-state index < -0.39 is 36.2 Å². The van der Waals surface area contributed by atoms with Gasteiger partial charge in [0.2, 0.25) is 5.91 Å². The molecule has 0 unspecified atom stereocenters. The quantitative estimate of drug-likeness (QED) is 0.257. The van der Waals surface area contributed by atoms with Gasteiger partial charge >= 0.3 is 12.4 Å². The Labute approximate surface area is 259 Å². The molecule has 0 bridgehead atoms. The Hall–Kier alpha value is -3.41. The first-order valence-electron chi connectivity index (χ1n) is 15.1. The predicted molar refractivity (Wildman–Crippen MR) is 158 cm³/mol. The third-order valence-corrected chi connectivity index (χ3v) is 8.67. The third-order valence-electron chi connectivity index (χ3n) is 8.67. The summed E-state index contributed by atoms with van der Waals surface area (Å²) in [5.41, 5.74) is 0.224. The molecule has 11 heteroatoms. The first-order valence-corrected chi connectivity index (χ1v) is 15.1. The van der Waals surface area contributed by atoms with Gasteiger partial charge in [-0.15, -0.1) is 0 Å². The molecular weight excluding hydrogens is 596 g/mol. The number of piperazine rings is 1. The van der Waals surface area contributed by atoms with Gasteiger partial charge in [-0.25, -0.2) is 0 Å². The minimum absolute atomic E-state index is 0.00348. The summed E-state index contributed by atoms with van der Waals surface area (Å²) in [6, 6.07) is 19.4. The molecule has 2 aliphatic heterocycles. The van der Waals surface area contributed by atoms with E-state index in [9.17, 15) is 31.1 Å². The van der Waals surface area contributed by atoms with Crippen molar-refractivity contribution in [2.24, 2.45) is 0 Å². The molecule has 1 amide bonds.